The largest absolute Gasteiger partial charge is 0.135 e. The fraction of sp³-hybridized carbons (Fsp3) is 0. The van der Waals surface area contributed by atoms with Crippen molar-refractivity contribution in [2.45, 2.75) is 0 Å². The van der Waals surface area contributed by atoms with Gasteiger partial charge in [-0.05, 0) is 102 Å². The summed E-state index contributed by atoms with van der Waals surface area (Å²) in [6.45, 7) is 0. The van der Waals surface area contributed by atoms with Gasteiger partial charge in [-0.2, -0.15) is 0 Å². The van der Waals surface area contributed by atoms with Crippen molar-refractivity contribution in [3.05, 3.63) is 158 Å². The number of thiophene rings is 2. The molecule has 0 atom stereocenters. The maximum atomic E-state index is 2.44. The maximum Gasteiger partial charge on any atom is 0.0369 e. The molecule has 0 aliphatic carbocycles. The number of rotatable bonds is 3. The summed E-state index contributed by atoms with van der Waals surface area (Å²) in [6, 6.07) is 58.4. The second-order valence-corrected chi connectivity index (χ2v) is 14.2. The van der Waals surface area contributed by atoms with Gasteiger partial charge in [0.1, 0.15) is 0 Å². The first-order valence-corrected chi connectivity index (χ1v) is 17.3. The van der Waals surface area contributed by atoms with Gasteiger partial charge in [0.05, 0.1) is 0 Å². The van der Waals surface area contributed by atoms with Gasteiger partial charge in [0.15, 0.2) is 0 Å². The van der Waals surface area contributed by atoms with Gasteiger partial charge in [0, 0.05) is 29.7 Å². The zero-order valence-electron chi connectivity index (χ0n) is 24.8. The lowest BCUT2D eigenvalue weighted by Crippen LogP contribution is -1.90. The van der Waals surface area contributed by atoms with E-state index in [4.69, 9.17) is 0 Å². The van der Waals surface area contributed by atoms with Crippen molar-refractivity contribution >= 4 is 85.2 Å². The van der Waals surface area contributed by atoms with Crippen molar-refractivity contribution in [1.82, 2.24) is 0 Å². The molecule has 0 aliphatic heterocycles. The quantitative estimate of drug-likeness (QED) is 0.173. The number of hydrogen-bond donors (Lipinski definition) is 0. The van der Waals surface area contributed by atoms with Gasteiger partial charge in [-0.1, -0.05) is 121 Å². The van der Waals surface area contributed by atoms with Crippen molar-refractivity contribution in [3.63, 3.8) is 0 Å². The van der Waals surface area contributed by atoms with E-state index in [0.29, 0.717) is 0 Å². The molecule has 2 heterocycles. The summed E-state index contributed by atoms with van der Waals surface area (Å²) in [5.74, 6) is 0. The first-order chi connectivity index (χ1) is 22.8. The van der Waals surface area contributed by atoms with Crippen LogP contribution in [-0.4, -0.2) is 0 Å². The molecule has 10 rings (SSSR count). The van der Waals surface area contributed by atoms with E-state index in [1.807, 2.05) is 22.7 Å². The van der Waals surface area contributed by atoms with E-state index >= 15 is 0 Å². The normalized spacial score (nSPS) is 11.9. The zero-order valence-corrected chi connectivity index (χ0v) is 26.5. The molecule has 0 aliphatic rings. The molecule has 0 N–H and O–H groups in total. The summed E-state index contributed by atoms with van der Waals surface area (Å²) < 4.78 is 4.03. The van der Waals surface area contributed by atoms with Crippen LogP contribution in [0.3, 0.4) is 0 Å². The van der Waals surface area contributed by atoms with E-state index in [1.165, 1.54) is 95.3 Å². The molecule has 10 aromatic rings. The van der Waals surface area contributed by atoms with Gasteiger partial charge in [0.2, 0.25) is 0 Å². The topological polar surface area (TPSA) is 0 Å². The van der Waals surface area contributed by atoms with Crippen molar-refractivity contribution < 1.29 is 0 Å². The summed E-state index contributed by atoms with van der Waals surface area (Å²) in [7, 11) is 0. The molecule has 0 saturated heterocycles. The van der Waals surface area contributed by atoms with Crippen molar-refractivity contribution in [3.8, 4) is 32.7 Å². The van der Waals surface area contributed by atoms with Crippen molar-refractivity contribution in [2.75, 3.05) is 0 Å². The third-order valence-corrected chi connectivity index (χ3v) is 11.7. The third-order valence-electron chi connectivity index (χ3n) is 9.42. The van der Waals surface area contributed by atoms with Crippen LogP contribution in [0.2, 0.25) is 0 Å². The van der Waals surface area contributed by atoms with Crippen LogP contribution >= 0.6 is 22.7 Å². The minimum atomic E-state index is 1.25. The maximum absolute atomic E-state index is 2.44. The minimum Gasteiger partial charge on any atom is -0.135 e. The Hall–Kier alpha value is -5.28. The van der Waals surface area contributed by atoms with Crippen molar-refractivity contribution in [1.29, 1.82) is 0 Å². The molecular formula is C44H26S2. The van der Waals surface area contributed by atoms with E-state index in [1.54, 1.807) is 0 Å². The Kier molecular flexibility index (Phi) is 5.72. The van der Waals surface area contributed by atoms with Crippen LogP contribution in [0.15, 0.2) is 158 Å². The van der Waals surface area contributed by atoms with E-state index in [-0.39, 0.29) is 0 Å². The molecule has 46 heavy (non-hydrogen) atoms. The lowest BCUT2D eigenvalue weighted by molar-refractivity contribution is 1.66. The van der Waals surface area contributed by atoms with Gasteiger partial charge in [-0.25, -0.2) is 0 Å². The SMILES string of the molecule is c1ccc(-c2c3ccccc3c(-c3ccc4sc5cc6sc(-c7ccc8ccccc8c7)cc6cc5c4c3)c3ccccc23)cc1. The average molecular weight is 619 g/mol. The predicted octanol–water partition coefficient (Wildman–Crippen LogP) is 13.7. The van der Waals surface area contributed by atoms with Gasteiger partial charge in [-0.3, -0.25) is 0 Å². The van der Waals surface area contributed by atoms with Crippen LogP contribution in [0, 0.1) is 0 Å². The third kappa shape index (κ3) is 3.98. The van der Waals surface area contributed by atoms with Crippen LogP contribution in [0.1, 0.15) is 0 Å². The number of benzene rings is 8. The average Bonchev–Trinajstić information content (AvgIpc) is 3.69. The molecule has 8 aromatic carbocycles. The monoisotopic (exact) mass is 618 g/mol. The number of hydrogen-bond acceptors (Lipinski definition) is 2. The molecule has 0 nitrogen and oxygen atoms in total. The fourth-order valence-electron chi connectivity index (χ4n) is 7.31. The first kappa shape index (κ1) is 26.0. The molecule has 0 bridgehead atoms. The molecule has 0 unspecified atom stereocenters. The number of fused-ring (bicyclic) bond motifs is 7. The van der Waals surface area contributed by atoms with Gasteiger partial charge in [0.25, 0.3) is 0 Å². The Morgan fingerprint density at radius 2 is 0.891 bits per heavy atom. The Balaban J connectivity index is 1.18. The van der Waals surface area contributed by atoms with Crippen molar-refractivity contribution in [2.24, 2.45) is 0 Å². The second-order valence-electron chi connectivity index (χ2n) is 12.1. The Morgan fingerprint density at radius 1 is 0.283 bits per heavy atom. The highest BCUT2D eigenvalue weighted by atomic mass is 32.1. The van der Waals surface area contributed by atoms with Crippen LogP contribution < -0.4 is 0 Å². The second kappa shape index (κ2) is 10.1. The molecule has 214 valence electrons. The lowest BCUT2D eigenvalue weighted by atomic mass is 9.86. The summed E-state index contributed by atoms with van der Waals surface area (Å²) in [6.07, 6.45) is 0. The van der Waals surface area contributed by atoms with Gasteiger partial charge in [-0.15, -0.1) is 22.7 Å². The summed E-state index contributed by atoms with van der Waals surface area (Å²) in [4.78, 5) is 1.32. The van der Waals surface area contributed by atoms with E-state index < -0.39 is 0 Å². The molecule has 2 aromatic heterocycles. The van der Waals surface area contributed by atoms with Crippen LogP contribution in [-0.2, 0) is 0 Å². The highest BCUT2D eigenvalue weighted by Gasteiger charge is 2.18. The summed E-state index contributed by atoms with van der Waals surface area (Å²) in [5.41, 5.74) is 6.42. The molecule has 0 spiro atoms. The standard InChI is InChI=1S/C44H26S2/c1-2-11-28(12-3-1)43-33-14-6-8-16-35(33)44(36-17-9-7-15-34(36)43)31-20-21-39-37(23-31)38-24-32-25-40(46-41(32)26-42(38)45-39)30-19-18-27-10-4-5-13-29(27)22-30/h1-26H. The van der Waals surface area contributed by atoms with Gasteiger partial charge >= 0.3 is 0 Å². The molecule has 2 heteroatoms. The van der Waals surface area contributed by atoms with Gasteiger partial charge < -0.3 is 0 Å². The Morgan fingerprint density at radius 3 is 1.63 bits per heavy atom. The fourth-order valence-corrected chi connectivity index (χ4v) is 9.57. The molecule has 0 amide bonds. The van der Waals surface area contributed by atoms with Crippen LogP contribution in [0.4, 0.5) is 0 Å². The molecule has 0 radical (unpaired) electrons. The molecule has 0 saturated carbocycles. The lowest BCUT2D eigenvalue weighted by Gasteiger charge is -2.17. The smallest absolute Gasteiger partial charge is 0.0369 e. The minimum absolute atomic E-state index is 1.25. The van der Waals surface area contributed by atoms with Crippen LogP contribution in [0.5, 0.6) is 0 Å². The Bertz CT molecular complexity index is 2740. The molecular weight excluding hydrogens is 593 g/mol. The summed E-state index contributed by atoms with van der Waals surface area (Å²) >= 11 is 3.79. The van der Waals surface area contributed by atoms with Crippen LogP contribution in [0.25, 0.3) is 95.3 Å². The van der Waals surface area contributed by atoms with E-state index in [9.17, 15) is 0 Å². The predicted molar refractivity (Wildman–Crippen MR) is 204 cm³/mol. The highest BCUT2D eigenvalue weighted by Crippen LogP contribution is 2.46. The summed E-state index contributed by atoms with van der Waals surface area (Å²) in [5, 5.41) is 11.7. The first-order valence-electron chi connectivity index (χ1n) is 15.7. The highest BCUT2D eigenvalue weighted by molar-refractivity contribution is 7.26. The molecule has 0 fully saturated rings. The zero-order chi connectivity index (χ0) is 30.2. The Labute approximate surface area is 274 Å². The van der Waals surface area contributed by atoms with E-state index in [2.05, 4.69) is 158 Å². The van der Waals surface area contributed by atoms with E-state index in [0.717, 1.165) is 0 Å².